The number of piperidine rings is 1. The van der Waals surface area contributed by atoms with Crippen molar-refractivity contribution in [1.29, 1.82) is 0 Å². The molecule has 1 aliphatic heterocycles. The fourth-order valence-electron chi connectivity index (χ4n) is 2.48. The number of benzene rings is 1. The van der Waals surface area contributed by atoms with Crippen LogP contribution in [0.15, 0.2) is 18.2 Å². The van der Waals surface area contributed by atoms with Crippen LogP contribution < -0.4 is 5.32 Å². The van der Waals surface area contributed by atoms with Crippen LogP contribution >= 0.6 is 0 Å². The summed E-state index contributed by atoms with van der Waals surface area (Å²) in [5.74, 6) is -0.458. The third-order valence-electron chi connectivity index (χ3n) is 3.58. The van der Waals surface area contributed by atoms with Crippen LogP contribution in [0.1, 0.15) is 23.2 Å². The van der Waals surface area contributed by atoms with Crippen molar-refractivity contribution in [2.45, 2.75) is 12.8 Å². The molecule has 0 aliphatic carbocycles. The molecule has 0 unspecified atom stereocenters. The first-order valence-corrected chi connectivity index (χ1v) is 6.54. The van der Waals surface area contributed by atoms with Crippen molar-refractivity contribution in [1.82, 2.24) is 10.2 Å². The molecule has 0 aromatic heterocycles. The molecule has 0 radical (unpaired) electrons. The summed E-state index contributed by atoms with van der Waals surface area (Å²) in [5, 5.41) is 12.8. The molecule has 0 saturated carbocycles. The van der Waals surface area contributed by atoms with E-state index in [0.717, 1.165) is 25.5 Å². The van der Waals surface area contributed by atoms with E-state index in [-0.39, 0.29) is 17.2 Å². The Morgan fingerprint density at radius 3 is 2.74 bits per heavy atom. The molecule has 19 heavy (non-hydrogen) atoms. The summed E-state index contributed by atoms with van der Waals surface area (Å²) >= 11 is 0. The van der Waals surface area contributed by atoms with E-state index in [0.29, 0.717) is 19.0 Å². The third-order valence-corrected chi connectivity index (χ3v) is 3.58. The van der Waals surface area contributed by atoms with Gasteiger partial charge in [0.05, 0.1) is 5.56 Å². The van der Waals surface area contributed by atoms with Crippen LogP contribution in [-0.2, 0) is 0 Å². The summed E-state index contributed by atoms with van der Waals surface area (Å²) in [5.41, 5.74) is 0.175. The number of aromatic hydroxyl groups is 1. The standard InChI is InChI=1S/C14H19FN2O2/c1-16-9-10-4-6-17(7-5-10)14(19)12-3-2-11(15)8-13(12)18/h2-3,8,10,16,18H,4-7,9H2,1H3. The summed E-state index contributed by atoms with van der Waals surface area (Å²) < 4.78 is 12.9. The summed E-state index contributed by atoms with van der Waals surface area (Å²) in [6.07, 6.45) is 1.91. The number of carbonyl (C=O) groups is 1. The Balaban J connectivity index is 2.01. The van der Waals surface area contributed by atoms with Gasteiger partial charge >= 0.3 is 0 Å². The van der Waals surface area contributed by atoms with Gasteiger partial charge in [-0.3, -0.25) is 4.79 Å². The number of hydrogen-bond donors (Lipinski definition) is 2. The van der Waals surface area contributed by atoms with E-state index in [4.69, 9.17) is 0 Å². The molecule has 1 aromatic carbocycles. The van der Waals surface area contributed by atoms with E-state index in [2.05, 4.69) is 5.32 Å². The first-order valence-electron chi connectivity index (χ1n) is 6.54. The molecule has 1 amide bonds. The first-order chi connectivity index (χ1) is 9.11. The van der Waals surface area contributed by atoms with Crippen molar-refractivity contribution >= 4 is 5.91 Å². The maximum Gasteiger partial charge on any atom is 0.257 e. The Kier molecular flexibility index (Phi) is 4.37. The average Bonchev–Trinajstić information content (AvgIpc) is 2.39. The maximum absolute atomic E-state index is 12.9. The lowest BCUT2D eigenvalue weighted by molar-refractivity contribution is 0.0688. The number of phenolic OH excluding ortho intramolecular Hbond substituents is 1. The third kappa shape index (κ3) is 3.23. The minimum absolute atomic E-state index is 0.175. The summed E-state index contributed by atoms with van der Waals surface area (Å²) in [6, 6.07) is 3.51. The van der Waals surface area contributed by atoms with Crippen LogP contribution in [0.2, 0.25) is 0 Å². The monoisotopic (exact) mass is 266 g/mol. The van der Waals surface area contributed by atoms with Gasteiger partial charge in [0, 0.05) is 19.2 Å². The number of nitrogens with one attached hydrogen (secondary N) is 1. The van der Waals surface area contributed by atoms with Crippen LogP contribution in [-0.4, -0.2) is 42.6 Å². The van der Waals surface area contributed by atoms with Crippen LogP contribution in [0, 0.1) is 11.7 Å². The quantitative estimate of drug-likeness (QED) is 0.874. The van der Waals surface area contributed by atoms with Crippen molar-refractivity contribution < 1.29 is 14.3 Å². The van der Waals surface area contributed by atoms with Gasteiger partial charge in [0.15, 0.2) is 0 Å². The van der Waals surface area contributed by atoms with E-state index < -0.39 is 5.82 Å². The fourth-order valence-corrected chi connectivity index (χ4v) is 2.48. The van der Waals surface area contributed by atoms with Crippen LogP contribution in [0.4, 0.5) is 4.39 Å². The summed E-state index contributed by atoms with van der Waals surface area (Å²) in [7, 11) is 1.92. The molecule has 1 fully saturated rings. The number of likely N-dealkylation sites (tertiary alicyclic amines) is 1. The molecule has 0 atom stereocenters. The predicted molar refractivity (Wildman–Crippen MR) is 70.6 cm³/mol. The molecule has 2 rings (SSSR count). The number of amides is 1. The summed E-state index contributed by atoms with van der Waals surface area (Å²) in [6.45, 7) is 2.33. The number of rotatable bonds is 3. The molecule has 1 aromatic rings. The van der Waals surface area contributed by atoms with Crippen LogP contribution in [0.5, 0.6) is 5.75 Å². The van der Waals surface area contributed by atoms with Crippen molar-refractivity contribution in [3.8, 4) is 5.75 Å². The maximum atomic E-state index is 12.9. The van der Waals surface area contributed by atoms with Gasteiger partial charge in [-0.05, 0) is 44.5 Å². The largest absolute Gasteiger partial charge is 0.507 e. The van der Waals surface area contributed by atoms with Crippen LogP contribution in [0.3, 0.4) is 0 Å². The second-order valence-corrected chi connectivity index (χ2v) is 4.95. The van der Waals surface area contributed by atoms with E-state index in [1.54, 1.807) is 4.90 Å². The number of nitrogens with zero attached hydrogens (tertiary/aromatic N) is 1. The number of hydrogen-bond acceptors (Lipinski definition) is 3. The molecule has 1 heterocycles. The van der Waals surface area contributed by atoms with E-state index >= 15 is 0 Å². The van der Waals surface area contributed by atoms with Gasteiger partial charge in [0.1, 0.15) is 11.6 Å². The SMILES string of the molecule is CNCC1CCN(C(=O)c2ccc(F)cc2O)CC1. The fraction of sp³-hybridized carbons (Fsp3) is 0.500. The van der Waals surface area contributed by atoms with Gasteiger partial charge in [-0.1, -0.05) is 0 Å². The molecule has 1 aliphatic rings. The molecule has 104 valence electrons. The van der Waals surface area contributed by atoms with E-state index in [1.165, 1.54) is 12.1 Å². The van der Waals surface area contributed by atoms with Gasteiger partial charge in [0.2, 0.25) is 0 Å². The Morgan fingerprint density at radius 2 is 2.16 bits per heavy atom. The minimum Gasteiger partial charge on any atom is -0.507 e. The van der Waals surface area contributed by atoms with Gasteiger partial charge in [-0.15, -0.1) is 0 Å². The molecular weight excluding hydrogens is 247 g/mol. The zero-order valence-corrected chi connectivity index (χ0v) is 11.0. The number of phenols is 1. The van der Waals surface area contributed by atoms with Gasteiger partial charge in [0.25, 0.3) is 5.91 Å². The molecule has 0 spiro atoms. The predicted octanol–water partition coefficient (Wildman–Crippen LogP) is 1.60. The Hall–Kier alpha value is -1.62. The normalized spacial score (nSPS) is 16.6. The molecular formula is C14H19FN2O2. The zero-order valence-electron chi connectivity index (χ0n) is 11.0. The van der Waals surface area contributed by atoms with Gasteiger partial charge in [-0.2, -0.15) is 0 Å². The van der Waals surface area contributed by atoms with Gasteiger partial charge in [-0.25, -0.2) is 4.39 Å². The minimum atomic E-state index is -0.540. The highest BCUT2D eigenvalue weighted by Crippen LogP contribution is 2.23. The second kappa shape index (κ2) is 6.02. The Morgan fingerprint density at radius 1 is 1.47 bits per heavy atom. The lowest BCUT2D eigenvalue weighted by Crippen LogP contribution is -2.40. The van der Waals surface area contributed by atoms with Crippen molar-refractivity contribution in [3.63, 3.8) is 0 Å². The molecule has 5 heteroatoms. The zero-order chi connectivity index (χ0) is 13.8. The highest BCUT2D eigenvalue weighted by molar-refractivity contribution is 5.96. The van der Waals surface area contributed by atoms with Crippen molar-refractivity contribution in [2.75, 3.05) is 26.7 Å². The smallest absolute Gasteiger partial charge is 0.257 e. The van der Waals surface area contributed by atoms with Crippen LogP contribution in [0.25, 0.3) is 0 Å². The number of carbonyl (C=O) groups excluding carboxylic acids is 1. The van der Waals surface area contributed by atoms with E-state index in [9.17, 15) is 14.3 Å². The second-order valence-electron chi connectivity index (χ2n) is 4.95. The number of halogens is 1. The molecule has 4 nitrogen and oxygen atoms in total. The van der Waals surface area contributed by atoms with Crippen molar-refractivity contribution in [2.24, 2.45) is 5.92 Å². The van der Waals surface area contributed by atoms with Gasteiger partial charge < -0.3 is 15.3 Å². The average molecular weight is 266 g/mol. The molecule has 2 N–H and O–H groups in total. The highest BCUT2D eigenvalue weighted by atomic mass is 19.1. The first kappa shape index (κ1) is 13.8. The Labute approximate surface area is 112 Å². The molecule has 1 saturated heterocycles. The molecule has 0 bridgehead atoms. The van der Waals surface area contributed by atoms with E-state index in [1.807, 2.05) is 7.05 Å². The lowest BCUT2D eigenvalue weighted by Gasteiger charge is -2.32. The topological polar surface area (TPSA) is 52.6 Å². The Bertz CT molecular complexity index is 457. The van der Waals surface area contributed by atoms with Crippen molar-refractivity contribution in [3.05, 3.63) is 29.6 Å². The summed E-state index contributed by atoms with van der Waals surface area (Å²) in [4.78, 5) is 13.9. The highest BCUT2D eigenvalue weighted by Gasteiger charge is 2.24. The lowest BCUT2D eigenvalue weighted by atomic mass is 9.96.